The van der Waals surface area contributed by atoms with E-state index in [4.69, 9.17) is 5.14 Å². The predicted octanol–water partition coefficient (Wildman–Crippen LogP) is 2.42. The lowest BCUT2D eigenvalue weighted by Crippen LogP contribution is -2.34. The summed E-state index contributed by atoms with van der Waals surface area (Å²) in [6, 6.07) is 15.3. The number of primary sulfonamides is 1. The van der Waals surface area contributed by atoms with Crippen molar-refractivity contribution in [1.29, 1.82) is 0 Å². The topological polar surface area (TPSA) is 111 Å². The number of fused-ring (bicyclic) bond motifs is 1. The number of unbranched alkanes of at least 4 members (excludes halogenated alkanes) is 1. The molecule has 7 nitrogen and oxygen atoms in total. The van der Waals surface area contributed by atoms with E-state index < -0.39 is 15.9 Å². The van der Waals surface area contributed by atoms with Gasteiger partial charge in [0.05, 0.1) is 10.4 Å². The van der Waals surface area contributed by atoms with Crippen molar-refractivity contribution in [2.75, 3.05) is 6.54 Å². The molecule has 0 aliphatic heterocycles. The molecular weight excluding hydrogens is 402 g/mol. The third-order valence-corrected chi connectivity index (χ3v) is 5.86. The number of aryl methyl sites for hydroxylation is 1. The van der Waals surface area contributed by atoms with Crippen molar-refractivity contribution in [3.8, 4) is 0 Å². The van der Waals surface area contributed by atoms with Crippen LogP contribution in [0.15, 0.2) is 64.3 Å². The maximum Gasteiger partial charge on any atom is 0.263 e. The van der Waals surface area contributed by atoms with Crippen molar-refractivity contribution < 1.29 is 13.2 Å². The Bertz CT molecular complexity index is 1220. The van der Waals surface area contributed by atoms with E-state index in [1.54, 1.807) is 22.8 Å². The molecule has 0 aliphatic carbocycles. The molecule has 3 N–H and O–H groups in total. The second kappa shape index (κ2) is 9.23. The number of aromatic nitrogens is 1. The van der Waals surface area contributed by atoms with Crippen molar-refractivity contribution in [2.45, 2.75) is 37.6 Å². The molecule has 0 unspecified atom stereocenters. The Morgan fingerprint density at radius 2 is 1.80 bits per heavy atom. The van der Waals surface area contributed by atoms with Gasteiger partial charge in [-0.2, -0.15) is 0 Å². The minimum absolute atomic E-state index is 0.0408. The molecule has 30 heavy (non-hydrogen) atoms. The van der Waals surface area contributed by atoms with Crippen LogP contribution in [0.25, 0.3) is 10.9 Å². The number of rotatable bonds is 8. The van der Waals surface area contributed by atoms with Gasteiger partial charge in [-0.05, 0) is 48.1 Å². The summed E-state index contributed by atoms with van der Waals surface area (Å²) in [4.78, 5) is 25.7. The number of nitrogens with one attached hydrogen (secondary N) is 1. The van der Waals surface area contributed by atoms with Crippen LogP contribution in [0.1, 0.15) is 35.7 Å². The largest absolute Gasteiger partial charge is 0.352 e. The van der Waals surface area contributed by atoms with Crippen molar-refractivity contribution in [1.82, 2.24) is 9.88 Å². The zero-order valence-corrected chi connectivity index (χ0v) is 17.6. The van der Waals surface area contributed by atoms with E-state index >= 15 is 0 Å². The lowest BCUT2D eigenvalue weighted by atomic mass is 10.1. The number of nitrogens with two attached hydrogens (primary N) is 1. The Balaban J connectivity index is 1.75. The molecule has 1 aromatic heterocycles. The van der Waals surface area contributed by atoms with Gasteiger partial charge < -0.3 is 9.88 Å². The summed E-state index contributed by atoms with van der Waals surface area (Å²) in [5.74, 6) is -0.419. The highest BCUT2D eigenvalue weighted by atomic mass is 32.2. The van der Waals surface area contributed by atoms with Crippen molar-refractivity contribution in [3.05, 3.63) is 76.1 Å². The summed E-state index contributed by atoms with van der Waals surface area (Å²) in [6.45, 7) is 2.93. The van der Waals surface area contributed by atoms with E-state index in [9.17, 15) is 18.0 Å². The molecule has 0 saturated carbocycles. The second-order valence-electron chi connectivity index (χ2n) is 7.12. The summed E-state index contributed by atoms with van der Waals surface area (Å²) in [7, 11) is -3.73. The van der Waals surface area contributed by atoms with Gasteiger partial charge in [-0.3, -0.25) is 9.59 Å². The molecule has 3 rings (SSSR count). The number of hydrogen-bond donors (Lipinski definition) is 2. The Labute approximate surface area is 175 Å². The van der Waals surface area contributed by atoms with Crippen LogP contribution in [0.4, 0.5) is 0 Å². The van der Waals surface area contributed by atoms with Crippen LogP contribution in [0.3, 0.4) is 0 Å². The summed E-state index contributed by atoms with van der Waals surface area (Å²) in [5, 5.41) is 8.72. The summed E-state index contributed by atoms with van der Waals surface area (Å²) in [6.07, 6.45) is 2.29. The number of nitrogens with zero attached hydrogens (tertiary/aromatic N) is 1. The predicted molar refractivity (Wildman–Crippen MR) is 117 cm³/mol. The van der Waals surface area contributed by atoms with Gasteiger partial charge in [-0.15, -0.1) is 0 Å². The van der Waals surface area contributed by atoms with E-state index in [2.05, 4.69) is 12.2 Å². The standard InChI is InChI=1S/C22H25N3O4S/c1-2-3-14-25-20-7-5-4-6-17(20)15-19(22(25)27)21(26)24-13-12-16-8-10-18(11-9-16)30(23,28)29/h4-11,15H,2-3,12-14H2,1H3,(H,24,26)(H2,23,28,29). The van der Waals surface area contributed by atoms with Crippen LogP contribution in [-0.4, -0.2) is 25.4 Å². The zero-order chi connectivity index (χ0) is 21.7. The quantitative estimate of drug-likeness (QED) is 0.575. The third kappa shape index (κ3) is 4.95. The lowest BCUT2D eigenvalue weighted by Gasteiger charge is -2.13. The number of para-hydroxylation sites is 1. The number of pyridine rings is 1. The normalized spacial score (nSPS) is 11.5. The average molecular weight is 428 g/mol. The van der Waals surface area contributed by atoms with E-state index in [0.717, 1.165) is 29.3 Å². The van der Waals surface area contributed by atoms with Crippen LogP contribution >= 0.6 is 0 Å². The molecule has 1 amide bonds. The van der Waals surface area contributed by atoms with E-state index in [1.807, 2.05) is 24.3 Å². The Morgan fingerprint density at radius 3 is 2.47 bits per heavy atom. The first-order valence-corrected chi connectivity index (χ1v) is 11.4. The molecule has 0 atom stereocenters. The number of carbonyl (C=O) groups excluding carboxylic acids is 1. The van der Waals surface area contributed by atoms with Crippen LogP contribution in [0.5, 0.6) is 0 Å². The van der Waals surface area contributed by atoms with Gasteiger partial charge in [0.1, 0.15) is 5.56 Å². The average Bonchev–Trinajstić information content (AvgIpc) is 2.72. The molecule has 1 heterocycles. The SMILES string of the molecule is CCCCn1c(=O)c(C(=O)NCCc2ccc(S(N)(=O)=O)cc2)cc2ccccc21. The highest BCUT2D eigenvalue weighted by Gasteiger charge is 2.15. The van der Waals surface area contributed by atoms with E-state index in [0.29, 0.717) is 19.5 Å². The molecule has 0 bridgehead atoms. The summed E-state index contributed by atoms with van der Waals surface area (Å²) < 4.78 is 24.3. The number of benzene rings is 2. The number of amides is 1. The minimum Gasteiger partial charge on any atom is -0.352 e. The van der Waals surface area contributed by atoms with Gasteiger partial charge in [-0.1, -0.05) is 43.7 Å². The Morgan fingerprint density at radius 1 is 1.10 bits per heavy atom. The van der Waals surface area contributed by atoms with Crippen molar-refractivity contribution in [3.63, 3.8) is 0 Å². The summed E-state index contributed by atoms with van der Waals surface area (Å²) >= 11 is 0. The lowest BCUT2D eigenvalue weighted by molar-refractivity contribution is 0.0952. The van der Waals surface area contributed by atoms with Gasteiger partial charge in [-0.25, -0.2) is 13.6 Å². The fraction of sp³-hybridized carbons (Fsp3) is 0.273. The van der Waals surface area contributed by atoms with Crippen molar-refractivity contribution >= 4 is 26.8 Å². The molecule has 0 fully saturated rings. The maximum absolute atomic E-state index is 12.9. The Hall–Kier alpha value is -2.97. The first-order valence-electron chi connectivity index (χ1n) is 9.84. The van der Waals surface area contributed by atoms with Crippen LogP contribution in [-0.2, 0) is 23.0 Å². The molecule has 3 aromatic rings. The minimum atomic E-state index is -3.73. The second-order valence-corrected chi connectivity index (χ2v) is 8.68. The number of carbonyl (C=O) groups is 1. The highest BCUT2D eigenvalue weighted by Crippen LogP contribution is 2.14. The maximum atomic E-state index is 12.9. The number of hydrogen-bond acceptors (Lipinski definition) is 4. The van der Waals surface area contributed by atoms with Gasteiger partial charge in [0.25, 0.3) is 11.5 Å². The first kappa shape index (κ1) is 21.7. The number of sulfonamides is 1. The molecule has 158 valence electrons. The van der Waals surface area contributed by atoms with Crippen LogP contribution in [0.2, 0.25) is 0 Å². The Kier molecular flexibility index (Phi) is 6.69. The fourth-order valence-electron chi connectivity index (χ4n) is 3.29. The van der Waals surface area contributed by atoms with Gasteiger partial charge >= 0.3 is 0 Å². The molecule has 8 heteroatoms. The fourth-order valence-corrected chi connectivity index (χ4v) is 3.81. The third-order valence-electron chi connectivity index (χ3n) is 4.93. The highest BCUT2D eigenvalue weighted by molar-refractivity contribution is 7.89. The summed E-state index contributed by atoms with van der Waals surface area (Å²) in [5.41, 5.74) is 1.50. The zero-order valence-electron chi connectivity index (χ0n) is 16.8. The van der Waals surface area contributed by atoms with Crippen molar-refractivity contribution in [2.24, 2.45) is 5.14 Å². The molecular formula is C22H25N3O4S. The van der Waals surface area contributed by atoms with E-state index in [-0.39, 0.29) is 16.0 Å². The molecule has 0 radical (unpaired) electrons. The van der Waals surface area contributed by atoms with Crippen LogP contribution < -0.4 is 16.0 Å². The molecule has 2 aromatic carbocycles. The van der Waals surface area contributed by atoms with Gasteiger partial charge in [0.2, 0.25) is 10.0 Å². The molecule has 0 spiro atoms. The monoisotopic (exact) mass is 427 g/mol. The van der Waals surface area contributed by atoms with E-state index in [1.165, 1.54) is 12.1 Å². The van der Waals surface area contributed by atoms with Crippen LogP contribution in [0, 0.1) is 0 Å². The smallest absolute Gasteiger partial charge is 0.263 e. The van der Waals surface area contributed by atoms with Gasteiger partial charge in [0.15, 0.2) is 0 Å². The van der Waals surface area contributed by atoms with Gasteiger partial charge in [0, 0.05) is 13.1 Å². The first-order chi connectivity index (χ1) is 14.3. The molecule has 0 aliphatic rings. The molecule has 0 saturated heterocycles.